The SMILES string of the molecule is Clc1cccc(Cl)c1-c1nnnn1Cc1ccccc1. The number of tetrazole rings is 1. The van der Waals surface area contributed by atoms with Gasteiger partial charge in [0.05, 0.1) is 22.2 Å². The zero-order valence-electron chi connectivity index (χ0n) is 10.4. The van der Waals surface area contributed by atoms with Crippen molar-refractivity contribution in [3.05, 3.63) is 64.1 Å². The van der Waals surface area contributed by atoms with Crippen molar-refractivity contribution in [1.82, 2.24) is 20.2 Å². The first kappa shape index (κ1) is 13.1. The Hall–Kier alpha value is -1.91. The molecule has 0 N–H and O–H groups in total. The molecule has 0 fully saturated rings. The molecule has 1 aromatic heterocycles. The topological polar surface area (TPSA) is 43.6 Å². The van der Waals surface area contributed by atoms with Gasteiger partial charge in [-0.25, -0.2) is 4.68 Å². The maximum atomic E-state index is 6.20. The van der Waals surface area contributed by atoms with Crippen molar-refractivity contribution in [3.8, 4) is 11.4 Å². The Labute approximate surface area is 126 Å². The van der Waals surface area contributed by atoms with E-state index in [1.165, 1.54) is 0 Å². The minimum absolute atomic E-state index is 0.529. The van der Waals surface area contributed by atoms with Gasteiger partial charge in [-0.15, -0.1) is 5.10 Å². The zero-order valence-corrected chi connectivity index (χ0v) is 11.9. The summed E-state index contributed by atoms with van der Waals surface area (Å²) < 4.78 is 1.68. The van der Waals surface area contributed by atoms with Gasteiger partial charge in [0, 0.05) is 0 Å². The van der Waals surface area contributed by atoms with Gasteiger partial charge < -0.3 is 0 Å². The van der Waals surface area contributed by atoms with E-state index < -0.39 is 0 Å². The van der Waals surface area contributed by atoms with Crippen molar-refractivity contribution in [2.24, 2.45) is 0 Å². The smallest absolute Gasteiger partial charge is 0.185 e. The van der Waals surface area contributed by atoms with Crippen molar-refractivity contribution in [2.45, 2.75) is 6.54 Å². The fraction of sp³-hybridized carbons (Fsp3) is 0.0714. The van der Waals surface area contributed by atoms with Crippen molar-refractivity contribution in [1.29, 1.82) is 0 Å². The molecule has 0 bridgehead atoms. The molecule has 0 saturated carbocycles. The van der Waals surface area contributed by atoms with Crippen LogP contribution in [0.15, 0.2) is 48.5 Å². The molecule has 0 spiro atoms. The number of hydrogen-bond donors (Lipinski definition) is 0. The van der Waals surface area contributed by atoms with Crippen molar-refractivity contribution in [3.63, 3.8) is 0 Å². The molecule has 0 amide bonds. The first-order valence-electron chi connectivity index (χ1n) is 6.00. The van der Waals surface area contributed by atoms with Gasteiger partial charge in [0.15, 0.2) is 5.82 Å². The lowest BCUT2D eigenvalue weighted by Crippen LogP contribution is -2.04. The standard InChI is InChI=1S/C14H10Cl2N4/c15-11-7-4-8-12(16)13(11)14-17-18-19-20(14)9-10-5-2-1-3-6-10/h1-8H,9H2. The second-order valence-electron chi connectivity index (χ2n) is 4.24. The van der Waals surface area contributed by atoms with Crippen LogP contribution in [0, 0.1) is 0 Å². The van der Waals surface area contributed by atoms with Gasteiger partial charge in [-0.1, -0.05) is 59.6 Å². The summed E-state index contributed by atoms with van der Waals surface area (Å²) in [5.74, 6) is 0.560. The van der Waals surface area contributed by atoms with Gasteiger partial charge >= 0.3 is 0 Å². The Morgan fingerprint density at radius 2 is 1.60 bits per heavy atom. The summed E-state index contributed by atoms with van der Waals surface area (Å²) in [4.78, 5) is 0. The van der Waals surface area contributed by atoms with Crippen molar-refractivity contribution in [2.75, 3.05) is 0 Å². The fourth-order valence-electron chi connectivity index (χ4n) is 1.96. The van der Waals surface area contributed by atoms with Crippen LogP contribution in [0.5, 0.6) is 0 Å². The number of rotatable bonds is 3. The van der Waals surface area contributed by atoms with E-state index in [-0.39, 0.29) is 0 Å². The van der Waals surface area contributed by atoms with Crippen molar-refractivity contribution < 1.29 is 0 Å². The second kappa shape index (κ2) is 5.61. The van der Waals surface area contributed by atoms with Gasteiger partial charge in [0.25, 0.3) is 0 Å². The molecule has 0 radical (unpaired) electrons. The molecule has 3 rings (SSSR count). The van der Waals surface area contributed by atoms with Crippen LogP contribution in [0.3, 0.4) is 0 Å². The minimum Gasteiger partial charge on any atom is -0.221 e. The lowest BCUT2D eigenvalue weighted by Gasteiger charge is -2.07. The molecule has 4 nitrogen and oxygen atoms in total. The molecule has 3 aromatic rings. The Morgan fingerprint density at radius 3 is 2.30 bits per heavy atom. The molecule has 20 heavy (non-hydrogen) atoms. The molecule has 0 aliphatic carbocycles. The van der Waals surface area contributed by atoms with E-state index in [0.29, 0.717) is 28.0 Å². The third-order valence-corrected chi connectivity index (χ3v) is 3.52. The van der Waals surface area contributed by atoms with Crippen LogP contribution in [-0.4, -0.2) is 20.2 Å². The Balaban J connectivity index is 2.03. The Morgan fingerprint density at radius 1 is 0.900 bits per heavy atom. The molecule has 2 aromatic carbocycles. The van der Waals surface area contributed by atoms with Gasteiger partial charge in [-0.05, 0) is 28.1 Å². The van der Waals surface area contributed by atoms with Crippen LogP contribution < -0.4 is 0 Å². The molecule has 0 saturated heterocycles. The second-order valence-corrected chi connectivity index (χ2v) is 5.06. The molecular formula is C14H10Cl2N4. The summed E-state index contributed by atoms with van der Waals surface area (Å²) in [6, 6.07) is 15.3. The largest absolute Gasteiger partial charge is 0.221 e. The van der Waals surface area contributed by atoms with E-state index in [2.05, 4.69) is 15.5 Å². The summed E-state index contributed by atoms with van der Waals surface area (Å²) >= 11 is 12.4. The minimum atomic E-state index is 0.529. The highest BCUT2D eigenvalue weighted by molar-refractivity contribution is 6.38. The molecule has 0 atom stereocenters. The van der Waals surface area contributed by atoms with Crippen LogP contribution >= 0.6 is 23.2 Å². The van der Waals surface area contributed by atoms with E-state index in [1.807, 2.05) is 30.3 Å². The summed E-state index contributed by atoms with van der Waals surface area (Å²) in [7, 11) is 0. The van der Waals surface area contributed by atoms with E-state index in [9.17, 15) is 0 Å². The molecule has 100 valence electrons. The third kappa shape index (κ3) is 2.53. The lowest BCUT2D eigenvalue weighted by atomic mass is 10.2. The summed E-state index contributed by atoms with van der Waals surface area (Å²) in [6.45, 7) is 0.560. The summed E-state index contributed by atoms with van der Waals surface area (Å²) in [5, 5.41) is 12.8. The maximum Gasteiger partial charge on any atom is 0.185 e. The van der Waals surface area contributed by atoms with E-state index in [1.54, 1.807) is 22.9 Å². The molecule has 0 aliphatic rings. The van der Waals surface area contributed by atoms with Crippen molar-refractivity contribution >= 4 is 23.2 Å². The lowest BCUT2D eigenvalue weighted by molar-refractivity contribution is 0.653. The molecule has 6 heteroatoms. The van der Waals surface area contributed by atoms with E-state index in [0.717, 1.165) is 5.56 Å². The highest BCUT2D eigenvalue weighted by Gasteiger charge is 2.15. The monoisotopic (exact) mass is 304 g/mol. The van der Waals surface area contributed by atoms with E-state index >= 15 is 0 Å². The summed E-state index contributed by atoms with van der Waals surface area (Å²) in [5.41, 5.74) is 1.75. The van der Waals surface area contributed by atoms with E-state index in [4.69, 9.17) is 23.2 Å². The Kier molecular flexibility index (Phi) is 3.67. The number of aromatic nitrogens is 4. The van der Waals surface area contributed by atoms with Gasteiger partial charge in [-0.3, -0.25) is 0 Å². The highest BCUT2D eigenvalue weighted by atomic mass is 35.5. The zero-order chi connectivity index (χ0) is 13.9. The van der Waals surface area contributed by atoms with Crippen LogP contribution in [0.4, 0.5) is 0 Å². The molecular weight excluding hydrogens is 295 g/mol. The Bertz CT molecular complexity index is 705. The van der Waals surface area contributed by atoms with Crippen LogP contribution in [-0.2, 0) is 6.54 Å². The van der Waals surface area contributed by atoms with Crippen LogP contribution in [0.25, 0.3) is 11.4 Å². The maximum absolute atomic E-state index is 6.20. The first-order valence-corrected chi connectivity index (χ1v) is 6.76. The molecule has 0 unspecified atom stereocenters. The van der Waals surface area contributed by atoms with Gasteiger partial charge in [0.1, 0.15) is 0 Å². The number of hydrogen-bond acceptors (Lipinski definition) is 3. The van der Waals surface area contributed by atoms with Crippen LogP contribution in [0.1, 0.15) is 5.56 Å². The average molecular weight is 305 g/mol. The number of nitrogens with zero attached hydrogens (tertiary/aromatic N) is 4. The normalized spacial score (nSPS) is 10.7. The summed E-state index contributed by atoms with van der Waals surface area (Å²) in [6.07, 6.45) is 0. The quantitative estimate of drug-likeness (QED) is 0.741. The third-order valence-electron chi connectivity index (χ3n) is 2.89. The highest BCUT2D eigenvalue weighted by Crippen LogP contribution is 2.32. The van der Waals surface area contributed by atoms with Crippen LogP contribution in [0.2, 0.25) is 10.0 Å². The fourth-order valence-corrected chi connectivity index (χ4v) is 2.52. The number of halogens is 2. The predicted molar refractivity (Wildman–Crippen MR) is 78.8 cm³/mol. The molecule has 0 aliphatic heterocycles. The average Bonchev–Trinajstić information content (AvgIpc) is 2.88. The predicted octanol–water partition coefficient (Wildman–Crippen LogP) is 3.70. The van der Waals surface area contributed by atoms with Gasteiger partial charge in [0.2, 0.25) is 0 Å². The van der Waals surface area contributed by atoms with Gasteiger partial charge in [-0.2, -0.15) is 0 Å². The first-order chi connectivity index (χ1) is 9.75. The molecule has 1 heterocycles. The number of benzene rings is 2.